The fraction of sp³-hybridized carbons (Fsp3) is 0.294. The second kappa shape index (κ2) is 7.34. The number of piperidine rings is 1. The first-order valence-corrected chi connectivity index (χ1v) is 9.39. The molecule has 0 spiro atoms. The van der Waals surface area contributed by atoms with E-state index >= 15 is 0 Å². The van der Waals surface area contributed by atoms with E-state index in [0.29, 0.717) is 24.6 Å². The molecule has 1 fully saturated rings. The first-order valence-electron chi connectivity index (χ1n) is 7.91. The van der Waals surface area contributed by atoms with Crippen molar-refractivity contribution < 1.29 is 26.0 Å². The zero-order valence-corrected chi connectivity index (χ0v) is 14.3. The number of rotatable bonds is 4. The summed E-state index contributed by atoms with van der Waals surface area (Å²) in [5, 5.41) is 3.00. The first kappa shape index (κ1) is 18.8. The number of nitrogens with one attached hydrogen (secondary N) is 2. The van der Waals surface area contributed by atoms with E-state index in [2.05, 4.69) is 10.0 Å². The summed E-state index contributed by atoms with van der Waals surface area (Å²) in [6, 6.07) is 4.80. The summed E-state index contributed by atoms with van der Waals surface area (Å²) in [7, 11) is -4.35. The predicted molar refractivity (Wildman–Crippen MR) is 87.1 cm³/mol. The molecule has 0 bridgehead atoms. The molecule has 0 radical (unpaired) electrons. The minimum absolute atomic E-state index is 0.208. The number of benzene rings is 2. The third kappa shape index (κ3) is 3.89. The predicted octanol–water partition coefficient (Wildman–Crippen LogP) is 2.67. The molecule has 9 heteroatoms. The van der Waals surface area contributed by atoms with Crippen molar-refractivity contribution in [3.05, 3.63) is 65.2 Å². The molecule has 2 unspecified atom stereocenters. The lowest BCUT2D eigenvalue weighted by Gasteiger charge is -2.33. The van der Waals surface area contributed by atoms with Gasteiger partial charge in [0.25, 0.3) is 0 Å². The number of hydrogen-bond donors (Lipinski definition) is 2. The van der Waals surface area contributed by atoms with Crippen molar-refractivity contribution in [3.63, 3.8) is 0 Å². The Bertz CT molecular complexity index is 921. The van der Waals surface area contributed by atoms with E-state index in [1.165, 1.54) is 6.07 Å². The van der Waals surface area contributed by atoms with Crippen molar-refractivity contribution >= 4 is 10.0 Å². The second-order valence-electron chi connectivity index (χ2n) is 6.08. The summed E-state index contributed by atoms with van der Waals surface area (Å²) < 4.78 is 81.2. The Labute approximate surface area is 148 Å². The van der Waals surface area contributed by atoms with Gasteiger partial charge in [-0.15, -0.1) is 0 Å². The van der Waals surface area contributed by atoms with Crippen LogP contribution in [0.1, 0.15) is 17.9 Å². The molecule has 3 rings (SSSR count). The maximum Gasteiger partial charge on any atom is 0.243 e. The van der Waals surface area contributed by atoms with E-state index in [1.807, 2.05) is 0 Å². The van der Waals surface area contributed by atoms with E-state index in [1.54, 1.807) is 0 Å². The number of halogens is 4. The van der Waals surface area contributed by atoms with E-state index in [0.717, 1.165) is 24.3 Å². The van der Waals surface area contributed by atoms with Gasteiger partial charge in [0.1, 0.15) is 16.5 Å². The number of hydrogen-bond acceptors (Lipinski definition) is 3. The van der Waals surface area contributed by atoms with Crippen LogP contribution < -0.4 is 10.0 Å². The third-order valence-corrected chi connectivity index (χ3v) is 5.85. The summed E-state index contributed by atoms with van der Waals surface area (Å²) >= 11 is 0. The van der Waals surface area contributed by atoms with Crippen LogP contribution in [0.2, 0.25) is 0 Å². The van der Waals surface area contributed by atoms with Gasteiger partial charge in [-0.05, 0) is 48.9 Å². The van der Waals surface area contributed by atoms with Crippen LogP contribution in [-0.2, 0) is 10.0 Å². The molecular formula is C17H16F4N2O2S. The summed E-state index contributed by atoms with van der Waals surface area (Å²) in [5.41, 5.74) is 0.429. The van der Waals surface area contributed by atoms with Gasteiger partial charge in [-0.1, -0.05) is 6.07 Å². The molecule has 1 saturated heterocycles. The Hall–Kier alpha value is -1.97. The minimum Gasteiger partial charge on any atom is -0.315 e. The highest BCUT2D eigenvalue weighted by Crippen LogP contribution is 2.28. The van der Waals surface area contributed by atoms with Crippen LogP contribution in [-0.4, -0.2) is 27.5 Å². The third-order valence-electron chi connectivity index (χ3n) is 4.34. The van der Waals surface area contributed by atoms with Crippen molar-refractivity contribution in [1.29, 1.82) is 0 Å². The lowest BCUT2D eigenvalue weighted by molar-refractivity contribution is 0.375. The van der Waals surface area contributed by atoms with Gasteiger partial charge in [0, 0.05) is 18.5 Å². The average molecular weight is 388 g/mol. The lowest BCUT2D eigenvalue weighted by Crippen LogP contribution is -2.50. The van der Waals surface area contributed by atoms with Gasteiger partial charge in [0.15, 0.2) is 11.6 Å². The van der Waals surface area contributed by atoms with Crippen LogP contribution >= 0.6 is 0 Å². The molecule has 1 aliphatic heterocycles. The quantitative estimate of drug-likeness (QED) is 0.792. The van der Waals surface area contributed by atoms with Crippen molar-refractivity contribution in [2.45, 2.75) is 23.3 Å². The highest BCUT2D eigenvalue weighted by Gasteiger charge is 2.32. The van der Waals surface area contributed by atoms with Crippen molar-refractivity contribution in [2.75, 3.05) is 13.1 Å². The number of sulfonamides is 1. The standard InChI is InChI=1S/C17H16F4N2O2S/c18-11-2-4-14(20)17(8-11)26(24,25)23-16-9-22-6-5-12(16)10-1-3-13(19)15(21)7-10/h1-4,7-8,12,16,22-23H,5-6,9H2. The lowest BCUT2D eigenvalue weighted by atomic mass is 9.86. The maximum absolute atomic E-state index is 13.8. The van der Waals surface area contributed by atoms with Gasteiger partial charge >= 0.3 is 0 Å². The van der Waals surface area contributed by atoms with Crippen LogP contribution in [0.15, 0.2) is 41.3 Å². The van der Waals surface area contributed by atoms with Gasteiger partial charge in [-0.25, -0.2) is 30.7 Å². The van der Waals surface area contributed by atoms with E-state index in [9.17, 15) is 26.0 Å². The van der Waals surface area contributed by atoms with E-state index in [4.69, 9.17) is 0 Å². The molecular weight excluding hydrogens is 372 g/mol. The maximum atomic E-state index is 13.8. The van der Waals surface area contributed by atoms with Crippen molar-refractivity contribution in [2.24, 2.45) is 0 Å². The molecule has 0 amide bonds. The first-order chi connectivity index (χ1) is 12.3. The fourth-order valence-corrected chi connectivity index (χ4v) is 4.44. The van der Waals surface area contributed by atoms with Crippen LogP contribution in [0, 0.1) is 23.3 Å². The van der Waals surface area contributed by atoms with Crippen molar-refractivity contribution in [3.8, 4) is 0 Å². The van der Waals surface area contributed by atoms with Crippen LogP contribution in [0.4, 0.5) is 17.6 Å². The van der Waals surface area contributed by atoms with Crippen LogP contribution in [0.3, 0.4) is 0 Å². The zero-order chi connectivity index (χ0) is 18.9. The summed E-state index contributed by atoms with van der Waals surface area (Å²) in [5.74, 6) is -4.43. The molecule has 4 nitrogen and oxygen atoms in total. The topological polar surface area (TPSA) is 58.2 Å². The molecule has 0 aromatic heterocycles. The normalized spacial score (nSPS) is 20.9. The van der Waals surface area contributed by atoms with Gasteiger partial charge < -0.3 is 5.32 Å². The van der Waals surface area contributed by atoms with Crippen molar-refractivity contribution in [1.82, 2.24) is 10.0 Å². The molecule has 1 aliphatic rings. The second-order valence-corrected chi connectivity index (χ2v) is 7.76. The smallest absolute Gasteiger partial charge is 0.243 e. The molecule has 2 aromatic carbocycles. The van der Waals surface area contributed by atoms with Gasteiger partial charge in [-0.3, -0.25) is 0 Å². The molecule has 140 valence electrons. The Balaban J connectivity index is 1.90. The SMILES string of the molecule is O=S(=O)(NC1CNCCC1c1ccc(F)c(F)c1)c1cc(F)ccc1F. The summed E-state index contributed by atoms with van der Waals surface area (Å²) in [4.78, 5) is -0.799. The fourth-order valence-electron chi connectivity index (χ4n) is 3.07. The Kier molecular flexibility index (Phi) is 5.31. The van der Waals surface area contributed by atoms with Crippen LogP contribution in [0.5, 0.6) is 0 Å². The molecule has 0 aliphatic carbocycles. The van der Waals surface area contributed by atoms with E-state index < -0.39 is 50.1 Å². The monoisotopic (exact) mass is 388 g/mol. The van der Waals surface area contributed by atoms with Gasteiger partial charge in [0.05, 0.1) is 0 Å². The zero-order valence-electron chi connectivity index (χ0n) is 13.5. The molecule has 2 atom stereocenters. The van der Waals surface area contributed by atoms with Gasteiger partial charge in [-0.2, -0.15) is 0 Å². The minimum atomic E-state index is -4.35. The highest BCUT2D eigenvalue weighted by molar-refractivity contribution is 7.89. The van der Waals surface area contributed by atoms with E-state index in [-0.39, 0.29) is 6.54 Å². The largest absolute Gasteiger partial charge is 0.315 e. The Morgan fingerprint density at radius 3 is 2.42 bits per heavy atom. The summed E-state index contributed by atoms with van der Waals surface area (Å²) in [6.07, 6.45) is 0.462. The Morgan fingerprint density at radius 2 is 1.69 bits per heavy atom. The van der Waals surface area contributed by atoms with Crippen LogP contribution in [0.25, 0.3) is 0 Å². The molecule has 0 saturated carbocycles. The van der Waals surface area contributed by atoms with Gasteiger partial charge in [0.2, 0.25) is 10.0 Å². The highest BCUT2D eigenvalue weighted by atomic mass is 32.2. The molecule has 26 heavy (non-hydrogen) atoms. The summed E-state index contributed by atoms with van der Waals surface area (Å²) in [6.45, 7) is 0.760. The molecule has 1 heterocycles. The molecule has 2 aromatic rings. The average Bonchev–Trinajstić information content (AvgIpc) is 2.59. The Morgan fingerprint density at radius 1 is 0.962 bits per heavy atom. The molecule has 2 N–H and O–H groups in total.